The van der Waals surface area contributed by atoms with Gasteiger partial charge in [0.25, 0.3) is 0 Å². The Kier molecular flexibility index (Phi) is 4.47. The van der Waals surface area contributed by atoms with Crippen LogP contribution >= 0.6 is 0 Å². The molecule has 7 nitrogen and oxygen atoms in total. The number of carboxylic acid groups (broad SMARTS) is 1. The number of carboxylic acids is 1. The van der Waals surface area contributed by atoms with Gasteiger partial charge in [0.15, 0.2) is 0 Å². The van der Waals surface area contributed by atoms with Crippen LogP contribution in [0.5, 0.6) is 0 Å². The number of nitrogens with zero attached hydrogens (tertiary/aromatic N) is 1. The normalized spacial score (nSPS) is 21.0. The average molecular weight is 265 g/mol. The molecule has 17 heavy (non-hydrogen) atoms. The predicted molar refractivity (Wildman–Crippen MR) is 57.8 cm³/mol. The van der Waals surface area contributed by atoms with E-state index in [4.69, 9.17) is 5.11 Å². The first kappa shape index (κ1) is 13.9. The highest BCUT2D eigenvalue weighted by Crippen LogP contribution is 2.20. The first-order valence-electron chi connectivity index (χ1n) is 5.17. The Morgan fingerprint density at radius 2 is 2.12 bits per heavy atom. The summed E-state index contributed by atoms with van der Waals surface area (Å²) in [6.07, 6.45) is 0.241. The second-order valence-electron chi connectivity index (χ2n) is 3.75. The van der Waals surface area contributed by atoms with Gasteiger partial charge in [-0.2, -0.15) is 4.31 Å². The van der Waals surface area contributed by atoms with Crippen LogP contribution < -0.4 is 0 Å². The predicted octanol–water partition coefficient (Wildman–Crippen LogP) is -0.572. The van der Waals surface area contributed by atoms with E-state index in [0.29, 0.717) is 6.42 Å². The molecule has 1 atom stereocenters. The standard InChI is InChI=1S/C9H15NO6S/c1-16-8(11)4-3-7(9(12)13)10-5-2-6-17(10,14)15/h7H,2-6H2,1H3,(H,12,13). The minimum absolute atomic E-state index is 0.0327. The molecule has 1 saturated heterocycles. The molecule has 8 heteroatoms. The van der Waals surface area contributed by atoms with E-state index in [9.17, 15) is 18.0 Å². The highest BCUT2D eigenvalue weighted by atomic mass is 32.2. The molecule has 0 aromatic carbocycles. The van der Waals surface area contributed by atoms with Gasteiger partial charge in [0, 0.05) is 13.0 Å². The zero-order chi connectivity index (χ0) is 13.1. The van der Waals surface area contributed by atoms with E-state index >= 15 is 0 Å². The molecule has 0 aliphatic carbocycles. The van der Waals surface area contributed by atoms with Gasteiger partial charge in [-0.05, 0) is 12.8 Å². The molecule has 1 fully saturated rings. The fourth-order valence-electron chi connectivity index (χ4n) is 1.76. The zero-order valence-corrected chi connectivity index (χ0v) is 10.3. The summed E-state index contributed by atoms with van der Waals surface area (Å²) < 4.78 is 28.5. The van der Waals surface area contributed by atoms with Crippen molar-refractivity contribution in [3.05, 3.63) is 0 Å². The molecular weight excluding hydrogens is 250 g/mol. The van der Waals surface area contributed by atoms with Gasteiger partial charge < -0.3 is 9.84 Å². The minimum atomic E-state index is -3.49. The maximum atomic E-state index is 11.6. The van der Waals surface area contributed by atoms with Gasteiger partial charge in [-0.15, -0.1) is 0 Å². The van der Waals surface area contributed by atoms with Crippen molar-refractivity contribution in [1.29, 1.82) is 0 Å². The summed E-state index contributed by atoms with van der Waals surface area (Å²) in [4.78, 5) is 21.9. The molecule has 1 heterocycles. The summed E-state index contributed by atoms with van der Waals surface area (Å²) in [7, 11) is -2.29. The number of methoxy groups -OCH3 is 1. The fourth-order valence-corrected chi connectivity index (χ4v) is 3.48. The first-order chi connectivity index (χ1) is 7.88. The monoisotopic (exact) mass is 265 g/mol. The molecule has 0 aromatic rings. The highest BCUT2D eigenvalue weighted by molar-refractivity contribution is 7.89. The van der Waals surface area contributed by atoms with Crippen LogP contribution in [0.15, 0.2) is 0 Å². The number of rotatable bonds is 5. The van der Waals surface area contributed by atoms with Crippen LogP contribution in [0.25, 0.3) is 0 Å². The second kappa shape index (κ2) is 5.46. The lowest BCUT2D eigenvalue weighted by molar-refractivity contribution is -0.143. The van der Waals surface area contributed by atoms with Gasteiger partial charge in [0.2, 0.25) is 10.0 Å². The Balaban J connectivity index is 2.73. The van der Waals surface area contributed by atoms with Crippen molar-refractivity contribution in [1.82, 2.24) is 4.31 Å². The van der Waals surface area contributed by atoms with Crippen LogP contribution in [0.2, 0.25) is 0 Å². The van der Waals surface area contributed by atoms with E-state index in [0.717, 1.165) is 4.31 Å². The van der Waals surface area contributed by atoms with E-state index < -0.39 is 28.0 Å². The summed E-state index contributed by atoms with van der Waals surface area (Å²) in [5, 5.41) is 8.99. The molecule has 98 valence electrons. The number of aliphatic carboxylic acids is 1. The molecule has 0 radical (unpaired) electrons. The molecule has 0 bridgehead atoms. The molecule has 1 N–H and O–H groups in total. The summed E-state index contributed by atoms with van der Waals surface area (Å²) >= 11 is 0. The number of carbonyl (C=O) groups excluding carboxylic acids is 1. The summed E-state index contributed by atoms with van der Waals surface area (Å²) in [6, 6.07) is -1.18. The van der Waals surface area contributed by atoms with E-state index in [2.05, 4.69) is 4.74 Å². The third kappa shape index (κ3) is 3.40. The lowest BCUT2D eigenvalue weighted by Gasteiger charge is -2.22. The lowest BCUT2D eigenvalue weighted by atomic mass is 10.1. The molecule has 1 rings (SSSR count). The van der Waals surface area contributed by atoms with E-state index in [1.165, 1.54) is 7.11 Å². The van der Waals surface area contributed by atoms with Crippen molar-refractivity contribution in [3.63, 3.8) is 0 Å². The fraction of sp³-hybridized carbons (Fsp3) is 0.778. The Labute approximate surface area is 99.4 Å². The molecule has 0 amide bonds. The number of hydrogen-bond acceptors (Lipinski definition) is 5. The van der Waals surface area contributed by atoms with Crippen molar-refractivity contribution in [3.8, 4) is 0 Å². The van der Waals surface area contributed by atoms with Crippen molar-refractivity contribution < 1.29 is 27.9 Å². The quantitative estimate of drug-likeness (QED) is 0.668. The second-order valence-corrected chi connectivity index (χ2v) is 5.79. The summed E-state index contributed by atoms with van der Waals surface area (Å²) in [5.41, 5.74) is 0. The minimum Gasteiger partial charge on any atom is -0.480 e. The van der Waals surface area contributed by atoms with E-state index in [1.54, 1.807) is 0 Å². The van der Waals surface area contributed by atoms with Crippen LogP contribution in [0.3, 0.4) is 0 Å². The lowest BCUT2D eigenvalue weighted by Crippen LogP contribution is -2.42. The molecule has 0 saturated carbocycles. The van der Waals surface area contributed by atoms with Gasteiger partial charge >= 0.3 is 11.9 Å². The topological polar surface area (TPSA) is 101 Å². The van der Waals surface area contributed by atoms with Gasteiger partial charge in [-0.25, -0.2) is 8.42 Å². The highest BCUT2D eigenvalue weighted by Gasteiger charge is 2.38. The Morgan fingerprint density at radius 3 is 2.53 bits per heavy atom. The molecule has 1 aliphatic rings. The summed E-state index contributed by atoms with van der Waals surface area (Å²) in [6.45, 7) is 0.195. The maximum absolute atomic E-state index is 11.6. The van der Waals surface area contributed by atoms with Crippen LogP contribution in [0, 0.1) is 0 Å². The summed E-state index contributed by atoms with van der Waals surface area (Å²) in [5.74, 6) is -1.82. The zero-order valence-electron chi connectivity index (χ0n) is 9.46. The van der Waals surface area contributed by atoms with Crippen LogP contribution in [0.1, 0.15) is 19.3 Å². The number of ether oxygens (including phenoxy) is 1. The van der Waals surface area contributed by atoms with E-state index in [1.807, 2.05) is 0 Å². The third-order valence-corrected chi connectivity index (χ3v) is 4.58. The Morgan fingerprint density at radius 1 is 1.47 bits per heavy atom. The number of hydrogen-bond donors (Lipinski definition) is 1. The van der Waals surface area contributed by atoms with Gasteiger partial charge in [-0.3, -0.25) is 9.59 Å². The van der Waals surface area contributed by atoms with Crippen molar-refractivity contribution in [2.24, 2.45) is 0 Å². The van der Waals surface area contributed by atoms with Crippen LogP contribution in [-0.4, -0.2) is 55.2 Å². The van der Waals surface area contributed by atoms with Crippen molar-refractivity contribution in [2.75, 3.05) is 19.4 Å². The van der Waals surface area contributed by atoms with Crippen molar-refractivity contribution >= 4 is 22.0 Å². The smallest absolute Gasteiger partial charge is 0.322 e. The average Bonchev–Trinajstić information content (AvgIpc) is 2.58. The largest absolute Gasteiger partial charge is 0.480 e. The van der Waals surface area contributed by atoms with Gasteiger partial charge in [-0.1, -0.05) is 0 Å². The van der Waals surface area contributed by atoms with Gasteiger partial charge in [0.1, 0.15) is 6.04 Å². The molecule has 1 aliphatic heterocycles. The first-order valence-corrected chi connectivity index (χ1v) is 6.78. The van der Waals surface area contributed by atoms with Crippen molar-refractivity contribution in [2.45, 2.75) is 25.3 Å². The number of carbonyl (C=O) groups is 2. The Bertz CT molecular complexity index is 404. The number of esters is 1. The van der Waals surface area contributed by atoms with Gasteiger partial charge in [0.05, 0.1) is 12.9 Å². The molecule has 0 aromatic heterocycles. The van der Waals surface area contributed by atoms with E-state index in [-0.39, 0.29) is 25.1 Å². The van der Waals surface area contributed by atoms with Crippen LogP contribution in [0.4, 0.5) is 0 Å². The molecular formula is C9H15NO6S. The third-order valence-electron chi connectivity index (χ3n) is 2.62. The van der Waals surface area contributed by atoms with Crippen LogP contribution in [-0.2, 0) is 24.3 Å². The SMILES string of the molecule is COC(=O)CCC(C(=O)O)N1CCCS1(=O)=O. The molecule has 0 spiro atoms. The number of sulfonamides is 1. The molecule has 1 unspecified atom stereocenters. The maximum Gasteiger partial charge on any atom is 0.322 e. The Hall–Kier alpha value is -1.15.